The number of aliphatic imine (C=N–C) groups is 1. The molecule has 8 nitrogen and oxygen atoms in total. The molecule has 9 heteroatoms. The first-order valence-electron chi connectivity index (χ1n) is 10.8. The van der Waals surface area contributed by atoms with E-state index in [1.807, 2.05) is 43.3 Å². The van der Waals surface area contributed by atoms with Gasteiger partial charge in [0.15, 0.2) is 11.8 Å². The fourth-order valence-corrected chi connectivity index (χ4v) is 2.96. The van der Waals surface area contributed by atoms with E-state index in [4.69, 9.17) is 13.7 Å². The van der Waals surface area contributed by atoms with Crippen LogP contribution >= 0.6 is 24.0 Å². The molecule has 1 aromatic carbocycles. The van der Waals surface area contributed by atoms with E-state index in [9.17, 15) is 0 Å². The molecule has 2 aromatic heterocycles. The van der Waals surface area contributed by atoms with Crippen molar-refractivity contribution in [2.75, 3.05) is 19.7 Å². The topological polar surface area (TPSA) is 97.7 Å². The summed E-state index contributed by atoms with van der Waals surface area (Å²) in [6.07, 6.45) is 4.34. The lowest BCUT2D eigenvalue weighted by atomic mass is 10.1. The monoisotopic (exact) mass is 553 g/mol. The van der Waals surface area contributed by atoms with Crippen molar-refractivity contribution in [2.45, 2.75) is 46.3 Å². The quantitative estimate of drug-likeness (QED) is 0.147. The standard InChI is InChI=1S/C23H31N5O3.HI/c1-3-8-21-27-22(31-28-21)19-10-5-9-18(15-19)16-26-23(24-4-2)25-12-7-13-29-17-20-11-6-14-30-20;/h5-6,9-11,14-15H,3-4,7-8,12-13,16-17H2,1-2H3,(H2,24,25,26);1H. The number of halogens is 1. The van der Waals surface area contributed by atoms with Crippen molar-refractivity contribution in [3.8, 4) is 11.5 Å². The first-order chi connectivity index (χ1) is 15.3. The number of benzene rings is 1. The lowest BCUT2D eigenvalue weighted by molar-refractivity contribution is 0.105. The van der Waals surface area contributed by atoms with Crippen LogP contribution < -0.4 is 10.6 Å². The van der Waals surface area contributed by atoms with Crippen LogP contribution in [0, 0.1) is 0 Å². The van der Waals surface area contributed by atoms with Gasteiger partial charge in [-0.3, -0.25) is 0 Å². The molecular formula is C23H32IN5O3. The molecule has 0 saturated heterocycles. The van der Waals surface area contributed by atoms with E-state index in [-0.39, 0.29) is 24.0 Å². The van der Waals surface area contributed by atoms with Crippen LogP contribution in [0.25, 0.3) is 11.5 Å². The lowest BCUT2D eigenvalue weighted by Crippen LogP contribution is -2.38. The summed E-state index contributed by atoms with van der Waals surface area (Å²) in [5, 5.41) is 10.6. The Morgan fingerprint density at radius 3 is 2.84 bits per heavy atom. The molecular weight excluding hydrogens is 521 g/mol. The van der Waals surface area contributed by atoms with Gasteiger partial charge in [0.2, 0.25) is 0 Å². The molecule has 0 aliphatic rings. The van der Waals surface area contributed by atoms with Gasteiger partial charge >= 0.3 is 0 Å². The van der Waals surface area contributed by atoms with E-state index in [2.05, 4.69) is 32.7 Å². The van der Waals surface area contributed by atoms with Crippen LogP contribution in [0.3, 0.4) is 0 Å². The lowest BCUT2D eigenvalue weighted by Gasteiger charge is -2.11. The largest absolute Gasteiger partial charge is 0.467 e. The second-order valence-corrected chi connectivity index (χ2v) is 7.07. The molecule has 3 rings (SSSR count). The average Bonchev–Trinajstić information content (AvgIpc) is 3.47. The highest BCUT2D eigenvalue weighted by atomic mass is 127. The van der Waals surface area contributed by atoms with Gasteiger partial charge in [0.25, 0.3) is 5.89 Å². The maximum Gasteiger partial charge on any atom is 0.257 e. The third-order valence-corrected chi connectivity index (χ3v) is 4.46. The number of nitrogens with one attached hydrogen (secondary N) is 2. The first kappa shape index (κ1) is 25.9. The Morgan fingerprint density at radius 2 is 2.06 bits per heavy atom. The average molecular weight is 553 g/mol. The normalized spacial score (nSPS) is 11.2. The number of aryl methyl sites for hydroxylation is 1. The van der Waals surface area contributed by atoms with Gasteiger partial charge in [-0.25, -0.2) is 4.99 Å². The Labute approximate surface area is 206 Å². The summed E-state index contributed by atoms with van der Waals surface area (Å²) >= 11 is 0. The maximum atomic E-state index is 5.61. The summed E-state index contributed by atoms with van der Waals surface area (Å²) in [7, 11) is 0. The number of hydrogen-bond donors (Lipinski definition) is 2. The molecule has 0 saturated carbocycles. The number of nitrogens with zero attached hydrogens (tertiary/aromatic N) is 3. The van der Waals surface area contributed by atoms with E-state index < -0.39 is 0 Å². The van der Waals surface area contributed by atoms with E-state index in [0.29, 0.717) is 25.6 Å². The van der Waals surface area contributed by atoms with Crippen LogP contribution in [-0.2, 0) is 24.3 Å². The second kappa shape index (κ2) is 14.6. The highest BCUT2D eigenvalue weighted by molar-refractivity contribution is 14.0. The van der Waals surface area contributed by atoms with Gasteiger partial charge in [0.05, 0.1) is 12.8 Å². The van der Waals surface area contributed by atoms with Crippen molar-refractivity contribution < 1.29 is 13.7 Å². The van der Waals surface area contributed by atoms with Crippen molar-refractivity contribution in [1.29, 1.82) is 0 Å². The Balaban J connectivity index is 0.00000363. The van der Waals surface area contributed by atoms with Gasteiger partial charge in [-0.05, 0) is 49.6 Å². The molecule has 0 aliphatic heterocycles. The molecule has 32 heavy (non-hydrogen) atoms. The molecule has 3 aromatic rings. The molecule has 2 heterocycles. The van der Waals surface area contributed by atoms with Crippen LogP contribution in [-0.4, -0.2) is 35.8 Å². The number of ether oxygens (including phenoxy) is 1. The third-order valence-electron chi connectivity index (χ3n) is 4.46. The molecule has 0 unspecified atom stereocenters. The van der Waals surface area contributed by atoms with Gasteiger partial charge in [0.1, 0.15) is 12.4 Å². The van der Waals surface area contributed by atoms with Crippen LogP contribution in [0.4, 0.5) is 0 Å². The van der Waals surface area contributed by atoms with E-state index in [1.165, 1.54) is 0 Å². The zero-order valence-corrected chi connectivity index (χ0v) is 21.0. The van der Waals surface area contributed by atoms with Gasteiger partial charge in [-0.15, -0.1) is 24.0 Å². The molecule has 0 aliphatic carbocycles. The van der Waals surface area contributed by atoms with Crippen LogP contribution in [0.2, 0.25) is 0 Å². The minimum absolute atomic E-state index is 0. The molecule has 0 fully saturated rings. The molecule has 0 atom stereocenters. The van der Waals surface area contributed by atoms with Crippen molar-refractivity contribution in [3.05, 3.63) is 59.8 Å². The minimum Gasteiger partial charge on any atom is -0.467 e. The summed E-state index contributed by atoms with van der Waals surface area (Å²) in [5.41, 5.74) is 1.99. The first-order valence-corrected chi connectivity index (χ1v) is 10.8. The number of guanidine groups is 1. The summed E-state index contributed by atoms with van der Waals surface area (Å²) in [6, 6.07) is 11.8. The fraction of sp³-hybridized carbons (Fsp3) is 0.435. The van der Waals surface area contributed by atoms with Gasteiger partial charge in [-0.2, -0.15) is 4.98 Å². The minimum atomic E-state index is 0. The molecule has 174 valence electrons. The highest BCUT2D eigenvalue weighted by Gasteiger charge is 2.09. The van der Waals surface area contributed by atoms with Gasteiger partial charge in [-0.1, -0.05) is 24.2 Å². The Hall–Kier alpha value is -2.40. The van der Waals surface area contributed by atoms with E-state index in [0.717, 1.165) is 61.0 Å². The highest BCUT2D eigenvalue weighted by Crippen LogP contribution is 2.19. The van der Waals surface area contributed by atoms with Crippen LogP contribution in [0.5, 0.6) is 0 Å². The SMILES string of the molecule is CCCc1noc(-c2cccc(CN=C(NCC)NCCCOCc3ccco3)c2)n1.I. The van der Waals surface area contributed by atoms with Gasteiger partial charge < -0.3 is 24.3 Å². The number of aromatic nitrogens is 2. The zero-order valence-electron chi connectivity index (χ0n) is 18.7. The van der Waals surface area contributed by atoms with Crippen LogP contribution in [0.15, 0.2) is 56.6 Å². The fourth-order valence-electron chi connectivity index (χ4n) is 2.96. The molecule has 2 N–H and O–H groups in total. The van der Waals surface area contributed by atoms with Gasteiger partial charge in [0, 0.05) is 31.7 Å². The summed E-state index contributed by atoms with van der Waals surface area (Å²) in [4.78, 5) is 9.14. The number of hydrogen-bond acceptors (Lipinski definition) is 6. The number of furan rings is 1. The third kappa shape index (κ3) is 8.62. The molecule has 0 radical (unpaired) electrons. The summed E-state index contributed by atoms with van der Waals surface area (Å²) in [5.74, 6) is 2.91. The van der Waals surface area contributed by atoms with Crippen molar-refractivity contribution in [2.24, 2.45) is 4.99 Å². The second-order valence-electron chi connectivity index (χ2n) is 7.07. The van der Waals surface area contributed by atoms with Crippen LogP contribution in [0.1, 0.15) is 43.8 Å². The number of rotatable bonds is 12. The molecule has 0 amide bonds. The van der Waals surface area contributed by atoms with Crippen molar-refractivity contribution in [3.63, 3.8) is 0 Å². The Morgan fingerprint density at radius 1 is 1.16 bits per heavy atom. The zero-order chi connectivity index (χ0) is 21.7. The molecule has 0 bridgehead atoms. The van der Waals surface area contributed by atoms with Crippen molar-refractivity contribution in [1.82, 2.24) is 20.8 Å². The van der Waals surface area contributed by atoms with E-state index >= 15 is 0 Å². The van der Waals surface area contributed by atoms with Crippen molar-refractivity contribution >= 4 is 29.9 Å². The summed E-state index contributed by atoms with van der Waals surface area (Å²) < 4.78 is 16.2. The predicted molar refractivity (Wildman–Crippen MR) is 135 cm³/mol. The predicted octanol–water partition coefficient (Wildman–Crippen LogP) is 4.56. The molecule has 0 spiro atoms. The smallest absolute Gasteiger partial charge is 0.257 e. The Bertz CT molecular complexity index is 927. The van der Waals surface area contributed by atoms with E-state index in [1.54, 1.807) is 6.26 Å². The maximum absolute atomic E-state index is 5.61. The Kier molecular flexibility index (Phi) is 11.8. The summed E-state index contributed by atoms with van der Waals surface area (Å²) in [6.45, 7) is 7.41.